The lowest BCUT2D eigenvalue weighted by molar-refractivity contribution is 0.0686. The standard InChI is InChI=1S/C12H16N2O7S/c1-12(2,3)21-11(17)22(18,19)20-7-14-9-6-8(10(15)16)4-5-13-9/h4-6H,7H2,1-3H3,(H,13,14)(H,15,16). The number of carbonyl (C=O) groups excluding carboxylic acids is 1. The first-order valence-corrected chi connectivity index (χ1v) is 7.48. The average molecular weight is 332 g/mol. The molecular formula is C12H16N2O7S. The Hall–Kier alpha value is -2.20. The van der Waals surface area contributed by atoms with Gasteiger partial charge < -0.3 is 15.2 Å². The maximum atomic E-state index is 11.5. The predicted octanol–water partition coefficient (Wildman–Crippen LogP) is 1.43. The normalized spacial score (nSPS) is 11.8. The van der Waals surface area contributed by atoms with Crippen molar-refractivity contribution in [3.63, 3.8) is 0 Å². The summed E-state index contributed by atoms with van der Waals surface area (Å²) in [6.07, 6.45) is 1.23. The van der Waals surface area contributed by atoms with E-state index in [1.54, 1.807) is 0 Å². The Morgan fingerprint density at radius 1 is 1.36 bits per heavy atom. The second-order valence-corrected chi connectivity index (χ2v) is 6.57. The molecule has 122 valence electrons. The highest BCUT2D eigenvalue weighted by Crippen LogP contribution is 2.12. The van der Waals surface area contributed by atoms with Crippen LogP contribution >= 0.6 is 0 Å². The fourth-order valence-corrected chi connectivity index (χ4v) is 1.85. The molecule has 0 atom stereocenters. The van der Waals surface area contributed by atoms with E-state index >= 15 is 0 Å². The number of nitrogens with one attached hydrogen (secondary N) is 1. The van der Waals surface area contributed by atoms with Crippen LogP contribution in [0.2, 0.25) is 0 Å². The minimum absolute atomic E-state index is 0.0347. The quantitative estimate of drug-likeness (QED) is 0.466. The van der Waals surface area contributed by atoms with E-state index in [4.69, 9.17) is 5.11 Å². The molecule has 0 unspecified atom stereocenters. The third kappa shape index (κ3) is 5.66. The third-order valence-corrected chi connectivity index (χ3v) is 2.99. The zero-order chi connectivity index (χ0) is 17.0. The van der Waals surface area contributed by atoms with Gasteiger partial charge in [-0.2, -0.15) is 8.42 Å². The molecule has 0 aliphatic carbocycles. The van der Waals surface area contributed by atoms with E-state index in [1.807, 2.05) is 0 Å². The summed E-state index contributed by atoms with van der Waals surface area (Å²) in [5, 5.41) is 9.73. The summed E-state index contributed by atoms with van der Waals surface area (Å²) in [5.41, 5.74) is -1.01. The van der Waals surface area contributed by atoms with E-state index in [0.717, 1.165) is 0 Å². The first-order chi connectivity index (χ1) is 10.0. The second kappa shape index (κ2) is 6.71. The van der Waals surface area contributed by atoms with E-state index < -0.39 is 33.7 Å². The molecule has 1 rings (SSSR count). The van der Waals surface area contributed by atoms with Gasteiger partial charge in [0.25, 0.3) is 0 Å². The van der Waals surface area contributed by atoms with Gasteiger partial charge in [0, 0.05) is 6.20 Å². The van der Waals surface area contributed by atoms with E-state index in [-0.39, 0.29) is 11.4 Å². The van der Waals surface area contributed by atoms with Gasteiger partial charge in [-0.3, -0.25) is 0 Å². The molecule has 0 aromatic carbocycles. The Kier molecular flexibility index (Phi) is 5.44. The fourth-order valence-electron chi connectivity index (χ4n) is 1.19. The summed E-state index contributed by atoms with van der Waals surface area (Å²) < 4.78 is 32.2. The number of hydrogen-bond donors (Lipinski definition) is 2. The number of aromatic carboxylic acids is 1. The molecule has 9 nitrogen and oxygen atoms in total. The zero-order valence-electron chi connectivity index (χ0n) is 12.2. The number of hydrogen-bond acceptors (Lipinski definition) is 8. The number of carbonyl (C=O) groups is 2. The van der Waals surface area contributed by atoms with E-state index in [1.165, 1.54) is 39.1 Å². The highest BCUT2D eigenvalue weighted by Gasteiger charge is 2.29. The summed E-state index contributed by atoms with van der Waals surface area (Å²) >= 11 is 0. The van der Waals surface area contributed by atoms with Crippen molar-refractivity contribution in [3.8, 4) is 0 Å². The van der Waals surface area contributed by atoms with Gasteiger partial charge in [0.1, 0.15) is 18.1 Å². The van der Waals surface area contributed by atoms with E-state index in [0.29, 0.717) is 0 Å². The molecule has 1 heterocycles. The van der Waals surface area contributed by atoms with E-state index in [9.17, 15) is 18.0 Å². The van der Waals surface area contributed by atoms with Crippen LogP contribution in [0.3, 0.4) is 0 Å². The lowest BCUT2D eigenvalue weighted by atomic mass is 10.2. The molecule has 0 saturated heterocycles. The van der Waals surface area contributed by atoms with Gasteiger partial charge in [-0.05, 0) is 32.9 Å². The fraction of sp³-hybridized carbons (Fsp3) is 0.417. The molecule has 0 aliphatic heterocycles. The topological polar surface area (TPSA) is 132 Å². The number of ether oxygens (including phenoxy) is 1. The van der Waals surface area contributed by atoms with Crippen molar-refractivity contribution >= 4 is 27.2 Å². The number of pyridine rings is 1. The molecule has 10 heteroatoms. The van der Waals surface area contributed by atoms with E-state index in [2.05, 4.69) is 19.2 Å². The highest BCUT2D eigenvalue weighted by molar-refractivity contribution is 8.01. The van der Waals surface area contributed by atoms with Gasteiger partial charge in [-0.15, -0.1) is 0 Å². The Morgan fingerprint density at radius 3 is 2.55 bits per heavy atom. The summed E-state index contributed by atoms with van der Waals surface area (Å²) in [7, 11) is -4.56. The van der Waals surface area contributed by atoms with Crippen LogP contribution in [0, 0.1) is 0 Å². The van der Waals surface area contributed by atoms with Crippen LogP contribution in [0.15, 0.2) is 18.3 Å². The number of carboxylic acid groups (broad SMARTS) is 1. The second-order valence-electron chi connectivity index (χ2n) is 5.09. The van der Waals surface area contributed by atoms with Crippen molar-refractivity contribution in [2.24, 2.45) is 0 Å². The average Bonchev–Trinajstić information content (AvgIpc) is 2.36. The molecule has 22 heavy (non-hydrogen) atoms. The Bertz CT molecular complexity index is 664. The Balaban J connectivity index is 2.61. The lowest BCUT2D eigenvalue weighted by Crippen LogP contribution is -2.30. The molecule has 0 saturated carbocycles. The van der Waals surface area contributed by atoms with Crippen molar-refractivity contribution in [2.75, 3.05) is 12.0 Å². The third-order valence-electron chi connectivity index (χ3n) is 2.07. The van der Waals surface area contributed by atoms with Crippen LogP contribution in [0.5, 0.6) is 0 Å². The maximum absolute atomic E-state index is 11.5. The molecule has 1 aromatic rings. The number of nitrogens with zero attached hydrogens (tertiary/aromatic N) is 1. The van der Waals surface area contributed by atoms with Crippen molar-refractivity contribution in [1.29, 1.82) is 0 Å². The van der Waals surface area contributed by atoms with Crippen molar-refractivity contribution in [1.82, 2.24) is 4.98 Å². The Morgan fingerprint density at radius 2 is 2.00 bits per heavy atom. The number of aromatic nitrogens is 1. The SMILES string of the molecule is CC(C)(C)OC(=O)S(=O)(=O)OCNc1cc(C(=O)O)ccn1. The van der Waals surface area contributed by atoms with Gasteiger partial charge in [0.05, 0.1) is 5.56 Å². The molecule has 0 fully saturated rings. The van der Waals surface area contributed by atoms with Crippen LogP contribution in [0.25, 0.3) is 0 Å². The number of rotatable bonds is 5. The molecule has 0 bridgehead atoms. The molecule has 0 amide bonds. The molecule has 0 aliphatic rings. The molecule has 2 N–H and O–H groups in total. The van der Waals surface area contributed by atoms with Crippen molar-refractivity contribution in [2.45, 2.75) is 26.4 Å². The van der Waals surface area contributed by atoms with Gasteiger partial charge in [0.2, 0.25) is 0 Å². The highest BCUT2D eigenvalue weighted by atomic mass is 32.2. The summed E-state index contributed by atoms with van der Waals surface area (Å²) in [6.45, 7) is 3.94. The van der Waals surface area contributed by atoms with Crippen molar-refractivity contribution in [3.05, 3.63) is 23.9 Å². The molecular weight excluding hydrogens is 316 g/mol. The summed E-state index contributed by atoms with van der Waals surface area (Å²) in [4.78, 5) is 26.0. The molecule has 0 spiro atoms. The summed E-state index contributed by atoms with van der Waals surface area (Å²) in [6, 6.07) is 2.46. The van der Waals surface area contributed by atoms with Crippen molar-refractivity contribution < 1.29 is 32.0 Å². The summed E-state index contributed by atoms with van der Waals surface area (Å²) in [5.74, 6) is -1.08. The van der Waals surface area contributed by atoms with Crippen LogP contribution in [0.4, 0.5) is 10.6 Å². The number of anilines is 1. The minimum atomic E-state index is -4.56. The molecule has 1 aromatic heterocycles. The van der Waals surface area contributed by atoms with Gasteiger partial charge in [0.15, 0.2) is 0 Å². The maximum Gasteiger partial charge on any atom is 0.452 e. The van der Waals surface area contributed by atoms with Gasteiger partial charge in [-0.25, -0.2) is 18.8 Å². The smallest absolute Gasteiger partial charge is 0.452 e. The Labute approximate surface area is 127 Å². The monoisotopic (exact) mass is 332 g/mol. The van der Waals surface area contributed by atoms with Crippen LogP contribution in [-0.2, 0) is 19.0 Å². The zero-order valence-corrected chi connectivity index (χ0v) is 13.0. The molecule has 0 radical (unpaired) electrons. The predicted molar refractivity (Wildman–Crippen MR) is 75.9 cm³/mol. The van der Waals surface area contributed by atoms with Gasteiger partial charge >= 0.3 is 21.4 Å². The van der Waals surface area contributed by atoms with Crippen LogP contribution in [0.1, 0.15) is 31.1 Å². The first-order valence-electron chi connectivity index (χ1n) is 6.07. The largest absolute Gasteiger partial charge is 0.478 e. The van der Waals surface area contributed by atoms with Crippen LogP contribution in [-0.4, -0.2) is 42.1 Å². The first kappa shape index (κ1) is 17.9. The minimum Gasteiger partial charge on any atom is -0.478 e. The lowest BCUT2D eigenvalue weighted by Gasteiger charge is -2.18. The van der Waals surface area contributed by atoms with Crippen LogP contribution < -0.4 is 5.32 Å². The number of carboxylic acids is 1. The van der Waals surface area contributed by atoms with Gasteiger partial charge in [-0.1, -0.05) is 0 Å².